The van der Waals surface area contributed by atoms with Crippen LogP contribution >= 0.6 is 0 Å². The predicted octanol–water partition coefficient (Wildman–Crippen LogP) is 4.06. The number of methoxy groups -OCH3 is 1. The number of hydrogen-bond acceptors (Lipinski definition) is 4. The van der Waals surface area contributed by atoms with Gasteiger partial charge in [-0.15, -0.1) is 0 Å². The van der Waals surface area contributed by atoms with Crippen LogP contribution in [0.2, 0.25) is 0 Å². The van der Waals surface area contributed by atoms with E-state index in [9.17, 15) is 4.79 Å². The van der Waals surface area contributed by atoms with Crippen molar-refractivity contribution in [1.82, 2.24) is 0 Å². The first-order chi connectivity index (χ1) is 11.7. The number of hydrogen-bond donors (Lipinski definition) is 0. The molecule has 2 aromatic carbocycles. The first-order valence-corrected chi connectivity index (χ1v) is 7.94. The molecule has 0 saturated carbocycles. The molecule has 0 fully saturated rings. The van der Waals surface area contributed by atoms with Gasteiger partial charge in [0.15, 0.2) is 0 Å². The second kappa shape index (κ2) is 6.79. The van der Waals surface area contributed by atoms with E-state index in [1.165, 1.54) is 0 Å². The lowest BCUT2D eigenvalue weighted by Gasteiger charge is -2.29. The summed E-state index contributed by atoms with van der Waals surface area (Å²) in [6.07, 6.45) is 0. The molecular weight excluding hydrogens is 304 g/mol. The number of ether oxygens (including phenoxy) is 3. The lowest BCUT2D eigenvalue weighted by atomic mass is 9.82. The SMILES string of the molecule is CCOC(=O)C1=C(C)Oc2ccc(OC)cc2C1c1ccccc1. The Morgan fingerprint density at radius 3 is 2.58 bits per heavy atom. The van der Waals surface area contributed by atoms with Crippen LogP contribution in [0.1, 0.15) is 30.9 Å². The molecule has 0 aromatic heterocycles. The standard InChI is InChI=1S/C20H20O4/c1-4-23-20(21)18-13(2)24-17-11-10-15(22-3)12-16(17)19(18)14-8-6-5-7-9-14/h5-12,19H,4H2,1-3H3. The van der Waals surface area contributed by atoms with Crippen molar-refractivity contribution in [1.29, 1.82) is 0 Å². The number of allylic oxidation sites excluding steroid dienone is 1. The molecule has 1 aliphatic heterocycles. The van der Waals surface area contributed by atoms with Gasteiger partial charge in [-0.05, 0) is 37.6 Å². The van der Waals surface area contributed by atoms with Gasteiger partial charge in [-0.1, -0.05) is 30.3 Å². The van der Waals surface area contributed by atoms with Gasteiger partial charge in [-0.2, -0.15) is 0 Å². The van der Waals surface area contributed by atoms with Crippen molar-refractivity contribution >= 4 is 5.97 Å². The van der Waals surface area contributed by atoms with E-state index in [1.807, 2.05) is 48.5 Å². The molecule has 3 rings (SSSR count). The van der Waals surface area contributed by atoms with Crippen molar-refractivity contribution < 1.29 is 19.0 Å². The number of fused-ring (bicyclic) bond motifs is 1. The van der Waals surface area contributed by atoms with Gasteiger partial charge in [0.05, 0.1) is 19.3 Å². The molecule has 0 bridgehead atoms. The molecule has 0 saturated heterocycles. The van der Waals surface area contributed by atoms with E-state index in [-0.39, 0.29) is 11.9 Å². The zero-order valence-electron chi connectivity index (χ0n) is 14.0. The quantitative estimate of drug-likeness (QED) is 0.796. The van der Waals surface area contributed by atoms with Crippen LogP contribution in [0.3, 0.4) is 0 Å². The fourth-order valence-corrected chi connectivity index (χ4v) is 3.01. The highest BCUT2D eigenvalue weighted by molar-refractivity contribution is 5.92. The largest absolute Gasteiger partial charge is 0.497 e. The summed E-state index contributed by atoms with van der Waals surface area (Å²) in [7, 11) is 1.62. The van der Waals surface area contributed by atoms with Crippen LogP contribution in [-0.4, -0.2) is 19.7 Å². The lowest BCUT2D eigenvalue weighted by Crippen LogP contribution is -2.23. The van der Waals surface area contributed by atoms with Crippen LogP contribution in [0.15, 0.2) is 59.9 Å². The highest BCUT2D eigenvalue weighted by atomic mass is 16.5. The number of esters is 1. The Balaban J connectivity index is 2.19. The lowest BCUT2D eigenvalue weighted by molar-refractivity contribution is -0.139. The summed E-state index contributed by atoms with van der Waals surface area (Å²) >= 11 is 0. The summed E-state index contributed by atoms with van der Waals surface area (Å²) < 4.78 is 16.5. The third-order valence-corrected chi connectivity index (χ3v) is 4.09. The molecule has 0 amide bonds. The number of rotatable bonds is 4. The summed E-state index contributed by atoms with van der Waals surface area (Å²) in [5.74, 6) is 1.43. The first-order valence-electron chi connectivity index (χ1n) is 7.94. The molecule has 0 aliphatic carbocycles. The number of carbonyl (C=O) groups is 1. The summed E-state index contributed by atoms with van der Waals surface area (Å²) in [5.41, 5.74) is 2.44. The molecule has 1 unspecified atom stereocenters. The molecule has 124 valence electrons. The third-order valence-electron chi connectivity index (χ3n) is 4.09. The van der Waals surface area contributed by atoms with Crippen LogP contribution in [0.5, 0.6) is 11.5 Å². The molecule has 1 heterocycles. The molecule has 4 heteroatoms. The van der Waals surface area contributed by atoms with E-state index in [0.29, 0.717) is 17.9 Å². The van der Waals surface area contributed by atoms with E-state index in [4.69, 9.17) is 14.2 Å². The summed E-state index contributed by atoms with van der Waals surface area (Å²) in [4.78, 5) is 12.6. The van der Waals surface area contributed by atoms with Gasteiger partial charge in [0.2, 0.25) is 0 Å². The predicted molar refractivity (Wildman–Crippen MR) is 91.2 cm³/mol. The molecule has 1 aliphatic rings. The van der Waals surface area contributed by atoms with Crippen LogP contribution in [0.25, 0.3) is 0 Å². The topological polar surface area (TPSA) is 44.8 Å². The average molecular weight is 324 g/mol. The minimum absolute atomic E-state index is 0.246. The molecule has 0 radical (unpaired) electrons. The fraction of sp³-hybridized carbons (Fsp3) is 0.250. The fourth-order valence-electron chi connectivity index (χ4n) is 3.01. The van der Waals surface area contributed by atoms with Gasteiger partial charge in [0, 0.05) is 11.5 Å². The maximum atomic E-state index is 12.6. The van der Waals surface area contributed by atoms with Crippen LogP contribution in [-0.2, 0) is 9.53 Å². The Labute approximate surface area is 141 Å². The molecule has 0 N–H and O–H groups in total. The Bertz CT molecular complexity index is 777. The molecule has 24 heavy (non-hydrogen) atoms. The van der Waals surface area contributed by atoms with Crippen LogP contribution in [0, 0.1) is 0 Å². The zero-order valence-corrected chi connectivity index (χ0v) is 14.0. The summed E-state index contributed by atoms with van der Waals surface area (Å²) in [6, 6.07) is 15.5. The minimum atomic E-state index is -0.350. The van der Waals surface area contributed by atoms with E-state index < -0.39 is 0 Å². The van der Waals surface area contributed by atoms with Gasteiger partial charge in [-0.25, -0.2) is 4.79 Å². The van der Waals surface area contributed by atoms with E-state index >= 15 is 0 Å². The molecule has 4 nitrogen and oxygen atoms in total. The number of benzene rings is 2. The second-order valence-corrected chi connectivity index (χ2v) is 5.54. The average Bonchev–Trinajstić information content (AvgIpc) is 2.61. The maximum absolute atomic E-state index is 12.6. The Hall–Kier alpha value is -2.75. The molecule has 0 spiro atoms. The van der Waals surface area contributed by atoms with E-state index in [2.05, 4.69) is 0 Å². The zero-order chi connectivity index (χ0) is 17.1. The Kier molecular flexibility index (Phi) is 4.56. The summed E-state index contributed by atoms with van der Waals surface area (Å²) in [5, 5.41) is 0. The molecule has 1 atom stereocenters. The Morgan fingerprint density at radius 2 is 1.92 bits per heavy atom. The van der Waals surface area contributed by atoms with Gasteiger partial charge in [0.1, 0.15) is 17.3 Å². The number of carbonyl (C=O) groups excluding carboxylic acids is 1. The highest BCUT2D eigenvalue weighted by Gasteiger charge is 2.34. The van der Waals surface area contributed by atoms with Gasteiger partial charge in [-0.3, -0.25) is 0 Å². The molecular formula is C20H20O4. The van der Waals surface area contributed by atoms with Gasteiger partial charge < -0.3 is 14.2 Å². The smallest absolute Gasteiger partial charge is 0.338 e. The third kappa shape index (κ3) is 2.87. The van der Waals surface area contributed by atoms with Gasteiger partial charge >= 0.3 is 5.97 Å². The first kappa shape index (κ1) is 16.1. The van der Waals surface area contributed by atoms with Crippen molar-refractivity contribution in [3.63, 3.8) is 0 Å². The van der Waals surface area contributed by atoms with Crippen molar-refractivity contribution in [3.8, 4) is 11.5 Å². The van der Waals surface area contributed by atoms with Crippen LogP contribution < -0.4 is 9.47 Å². The van der Waals surface area contributed by atoms with Gasteiger partial charge in [0.25, 0.3) is 0 Å². The van der Waals surface area contributed by atoms with Crippen molar-refractivity contribution in [2.24, 2.45) is 0 Å². The minimum Gasteiger partial charge on any atom is -0.497 e. The van der Waals surface area contributed by atoms with E-state index in [0.717, 1.165) is 22.6 Å². The van der Waals surface area contributed by atoms with Crippen molar-refractivity contribution in [2.45, 2.75) is 19.8 Å². The highest BCUT2D eigenvalue weighted by Crippen LogP contribution is 2.44. The van der Waals surface area contributed by atoms with Crippen LogP contribution in [0.4, 0.5) is 0 Å². The maximum Gasteiger partial charge on any atom is 0.338 e. The molecule has 2 aromatic rings. The monoisotopic (exact) mass is 324 g/mol. The van der Waals surface area contributed by atoms with Crippen molar-refractivity contribution in [2.75, 3.05) is 13.7 Å². The Morgan fingerprint density at radius 1 is 1.17 bits per heavy atom. The normalized spacial score (nSPS) is 16.2. The summed E-state index contributed by atoms with van der Waals surface area (Å²) in [6.45, 7) is 3.92. The van der Waals surface area contributed by atoms with E-state index in [1.54, 1.807) is 21.0 Å². The second-order valence-electron chi connectivity index (χ2n) is 5.54. The van der Waals surface area contributed by atoms with Crippen molar-refractivity contribution in [3.05, 3.63) is 71.0 Å².